The van der Waals surface area contributed by atoms with Gasteiger partial charge in [-0.1, -0.05) is 32.9 Å². The monoisotopic (exact) mass is 333 g/mol. The van der Waals surface area contributed by atoms with E-state index in [1.54, 1.807) is 12.1 Å². The van der Waals surface area contributed by atoms with E-state index in [1.807, 2.05) is 12.1 Å². The van der Waals surface area contributed by atoms with Gasteiger partial charge in [-0.2, -0.15) is 0 Å². The molecule has 0 atom stereocenters. The Hall–Kier alpha value is -2.43. The van der Waals surface area contributed by atoms with Crippen LogP contribution in [0.3, 0.4) is 0 Å². The van der Waals surface area contributed by atoms with Crippen LogP contribution in [-0.4, -0.2) is 19.1 Å². The van der Waals surface area contributed by atoms with Crippen LogP contribution in [-0.2, 0) is 5.41 Å². The summed E-state index contributed by atoms with van der Waals surface area (Å²) in [6, 6.07) is 10.8. The van der Waals surface area contributed by atoms with Crippen LogP contribution in [0.25, 0.3) is 0 Å². The lowest BCUT2D eigenvalue weighted by Gasteiger charge is -2.19. The van der Waals surface area contributed by atoms with E-state index in [0.717, 1.165) is 17.7 Å². The largest absolute Gasteiger partial charge is 0.492 e. The molecule has 0 aliphatic carbocycles. The summed E-state index contributed by atoms with van der Waals surface area (Å²) >= 11 is 0. The number of amides is 1. The van der Waals surface area contributed by atoms with Gasteiger partial charge in [0.15, 0.2) is 11.6 Å². The average molecular weight is 333 g/mol. The van der Waals surface area contributed by atoms with Crippen molar-refractivity contribution in [2.24, 2.45) is 0 Å². The van der Waals surface area contributed by atoms with E-state index in [2.05, 4.69) is 26.1 Å². The summed E-state index contributed by atoms with van der Waals surface area (Å²) < 4.78 is 31.1. The molecule has 2 aromatic rings. The summed E-state index contributed by atoms with van der Waals surface area (Å²) in [5.41, 5.74) is 1.75. The quantitative estimate of drug-likeness (QED) is 0.838. The Morgan fingerprint density at radius 3 is 2.29 bits per heavy atom. The summed E-state index contributed by atoms with van der Waals surface area (Å²) in [7, 11) is 0. The standard InChI is InChI=1S/C19H21F2NO2/c1-19(2,3)14-6-4-13(5-7-14)18(23)22-10-11-24-15-8-9-16(20)17(21)12-15/h4-9,12H,10-11H2,1-3H3,(H,22,23). The Bertz CT molecular complexity index is 706. The molecule has 0 saturated heterocycles. The van der Waals surface area contributed by atoms with Crippen molar-refractivity contribution in [3.8, 4) is 5.75 Å². The second-order valence-electron chi connectivity index (χ2n) is 6.51. The first kappa shape index (κ1) is 17.9. The fraction of sp³-hybridized carbons (Fsp3) is 0.316. The SMILES string of the molecule is CC(C)(C)c1ccc(C(=O)NCCOc2ccc(F)c(F)c2)cc1. The molecule has 1 N–H and O–H groups in total. The molecule has 5 heteroatoms. The normalized spacial score (nSPS) is 11.2. The van der Waals surface area contributed by atoms with Gasteiger partial charge in [-0.25, -0.2) is 8.78 Å². The molecule has 0 radical (unpaired) electrons. The fourth-order valence-corrected chi connectivity index (χ4v) is 2.12. The lowest BCUT2D eigenvalue weighted by Crippen LogP contribution is -2.28. The van der Waals surface area contributed by atoms with Crippen LogP contribution in [0.1, 0.15) is 36.7 Å². The van der Waals surface area contributed by atoms with Gasteiger partial charge in [-0.3, -0.25) is 4.79 Å². The molecule has 0 spiro atoms. The highest BCUT2D eigenvalue weighted by Gasteiger charge is 2.14. The number of nitrogens with one attached hydrogen (secondary N) is 1. The van der Waals surface area contributed by atoms with Crippen molar-refractivity contribution in [3.05, 3.63) is 65.2 Å². The summed E-state index contributed by atoms with van der Waals surface area (Å²) in [5, 5.41) is 2.72. The zero-order valence-electron chi connectivity index (χ0n) is 14.0. The molecule has 0 unspecified atom stereocenters. The molecule has 128 valence electrons. The molecule has 0 fully saturated rings. The van der Waals surface area contributed by atoms with Crippen LogP contribution in [0, 0.1) is 11.6 Å². The highest BCUT2D eigenvalue weighted by Crippen LogP contribution is 2.22. The molecule has 3 nitrogen and oxygen atoms in total. The Labute approximate surface area is 140 Å². The summed E-state index contributed by atoms with van der Waals surface area (Å²) in [5.74, 6) is -1.87. The van der Waals surface area contributed by atoms with Crippen LogP contribution >= 0.6 is 0 Å². The smallest absolute Gasteiger partial charge is 0.251 e. The third kappa shape index (κ3) is 4.78. The fourth-order valence-electron chi connectivity index (χ4n) is 2.12. The van der Waals surface area contributed by atoms with E-state index in [9.17, 15) is 13.6 Å². The minimum absolute atomic E-state index is 0.0350. The van der Waals surface area contributed by atoms with Gasteiger partial charge in [0.25, 0.3) is 5.91 Å². The molecule has 2 aromatic carbocycles. The number of halogens is 2. The lowest BCUT2D eigenvalue weighted by molar-refractivity contribution is 0.0947. The van der Waals surface area contributed by atoms with E-state index in [1.165, 1.54) is 6.07 Å². The third-order valence-electron chi connectivity index (χ3n) is 3.56. The zero-order valence-corrected chi connectivity index (χ0v) is 14.0. The molecule has 1 amide bonds. The van der Waals surface area contributed by atoms with Gasteiger partial charge in [0.05, 0.1) is 6.54 Å². The van der Waals surface area contributed by atoms with Gasteiger partial charge in [0, 0.05) is 11.6 Å². The van der Waals surface area contributed by atoms with Gasteiger partial charge < -0.3 is 10.1 Å². The number of benzene rings is 2. The second-order valence-corrected chi connectivity index (χ2v) is 6.51. The van der Waals surface area contributed by atoms with Crippen molar-refractivity contribution in [2.45, 2.75) is 26.2 Å². The van der Waals surface area contributed by atoms with Gasteiger partial charge in [0.2, 0.25) is 0 Å². The first-order chi connectivity index (χ1) is 11.3. The summed E-state index contributed by atoms with van der Waals surface area (Å²) in [4.78, 5) is 12.0. The Balaban J connectivity index is 1.81. The minimum atomic E-state index is -0.963. The van der Waals surface area contributed by atoms with Gasteiger partial charge in [0.1, 0.15) is 12.4 Å². The maximum atomic E-state index is 13.0. The molecule has 0 aliphatic rings. The molecule has 0 heterocycles. The number of ether oxygens (including phenoxy) is 1. The highest BCUT2D eigenvalue weighted by molar-refractivity contribution is 5.94. The number of hydrogen-bond acceptors (Lipinski definition) is 2. The minimum Gasteiger partial charge on any atom is -0.492 e. The molecule has 2 rings (SSSR count). The van der Waals surface area contributed by atoms with E-state index < -0.39 is 11.6 Å². The maximum Gasteiger partial charge on any atom is 0.251 e. The maximum absolute atomic E-state index is 13.0. The van der Waals surface area contributed by atoms with Crippen molar-refractivity contribution >= 4 is 5.91 Å². The predicted molar refractivity (Wildman–Crippen MR) is 89.3 cm³/mol. The van der Waals surface area contributed by atoms with Crippen molar-refractivity contribution in [3.63, 3.8) is 0 Å². The van der Waals surface area contributed by atoms with Crippen molar-refractivity contribution < 1.29 is 18.3 Å². The van der Waals surface area contributed by atoms with Gasteiger partial charge in [-0.05, 0) is 35.2 Å². The molecular formula is C19H21F2NO2. The highest BCUT2D eigenvalue weighted by atomic mass is 19.2. The summed E-state index contributed by atoms with van der Waals surface area (Å²) in [6.45, 7) is 6.75. The molecule has 24 heavy (non-hydrogen) atoms. The molecule has 0 saturated carbocycles. The van der Waals surface area contributed by atoms with Crippen LogP contribution < -0.4 is 10.1 Å². The van der Waals surface area contributed by atoms with Crippen LogP contribution in [0.15, 0.2) is 42.5 Å². The molecule has 0 aromatic heterocycles. The first-order valence-electron chi connectivity index (χ1n) is 7.74. The Kier molecular flexibility index (Phi) is 5.54. The van der Waals surface area contributed by atoms with Crippen molar-refractivity contribution in [2.75, 3.05) is 13.2 Å². The van der Waals surface area contributed by atoms with Crippen LogP contribution in [0.2, 0.25) is 0 Å². The number of carbonyl (C=O) groups is 1. The van der Waals surface area contributed by atoms with E-state index in [4.69, 9.17) is 4.74 Å². The Morgan fingerprint density at radius 1 is 1.04 bits per heavy atom. The van der Waals surface area contributed by atoms with Crippen molar-refractivity contribution in [1.29, 1.82) is 0 Å². The van der Waals surface area contributed by atoms with Gasteiger partial charge in [-0.15, -0.1) is 0 Å². The molecule has 0 aliphatic heterocycles. The average Bonchev–Trinajstić information content (AvgIpc) is 2.54. The van der Waals surface area contributed by atoms with Crippen LogP contribution in [0.4, 0.5) is 8.78 Å². The number of rotatable bonds is 5. The lowest BCUT2D eigenvalue weighted by atomic mass is 9.87. The zero-order chi connectivity index (χ0) is 17.7. The van der Waals surface area contributed by atoms with E-state index in [-0.39, 0.29) is 30.2 Å². The van der Waals surface area contributed by atoms with Crippen LogP contribution in [0.5, 0.6) is 5.75 Å². The number of carbonyl (C=O) groups excluding carboxylic acids is 1. The Morgan fingerprint density at radius 2 is 1.71 bits per heavy atom. The van der Waals surface area contributed by atoms with Crippen molar-refractivity contribution in [1.82, 2.24) is 5.32 Å². The third-order valence-corrected chi connectivity index (χ3v) is 3.56. The first-order valence-corrected chi connectivity index (χ1v) is 7.74. The summed E-state index contributed by atoms with van der Waals surface area (Å²) in [6.07, 6.45) is 0. The molecule has 0 bridgehead atoms. The van der Waals surface area contributed by atoms with E-state index >= 15 is 0 Å². The number of hydrogen-bond donors (Lipinski definition) is 1. The van der Waals surface area contributed by atoms with Gasteiger partial charge >= 0.3 is 0 Å². The van der Waals surface area contributed by atoms with E-state index in [0.29, 0.717) is 5.56 Å². The molecular weight excluding hydrogens is 312 g/mol. The predicted octanol–water partition coefficient (Wildman–Crippen LogP) is 4.07. The topological polar surface area (TPSA) is 38.3 Å². The second kappa shape index (κ2) is 7.43.